The Morgan fingerprint density at radius 2 is 2.27 bits per heavy atom. The van der Waals surface area contributed by atoms with Crippen LogP contribution in [-0.4, -0.2) is 24.4 Å². The second-order valence-corrected chi connectivity index (χ2v) is 5.14. The van der Waals surface area contributed by atoms with E-state index in [1.165, 1.54) is 5.57 Å². The predicted molar refractivity (Wildman–Crippen MR) is 62.8 cm³/mol. The summed E-state index contributed by atoms with van der Waals surface area (Å²) in [6.45, 7) is 9.95. The van der Waals surface area contributed by atoms with Crippen molar-refractivity contribution in [2.75, 3.05) is 13.2 Å². The highest BCUT2D eigenvalue weighted by Crippen LogP contribution is 2.42. The molecule has 0 aliphatic heterocycles. The maximum absolute atomic E-state index is 9.38. The van der Waals surface area contributed by atoms with Crippen LogP contribution in [0.1, 0.15) is 40.5 Å². The van der Waals surface area contributed by atoms with Gasteiger partial charge in [-0.25, -0.2) is 0 Å². The maximum atomic E-state index is 9.38. The Morgan fingerprint density at radius 1 is 1.60 bits per heavy atom. The topological polar surface area (TPSA) is 29.5 Å². The van der Waals surface area contributed by atoms with Gasteiger partial charge in [-0.05, 0) is 31.1 Å². The first kappa shape index (κ1) is 12.7. The molecular weight excluding hydrogens is 188 g/mol. The van der Waals surface area contributed by atoms with Crippen molar-refractivity contribution in [2.45, 2.75) is 46.6 Å². The van der Waals surface area contributed by atoms with Crippen molar-refractivity contribution in [1.29, 1.82) is 0 Å². The minimum absolute atomic E-state index is 0.261. The summed E-state index contributed by atoms with van der Waals surface area (Å²) >= 11 is 0. The molecule has 0 amide bonds. The molecule has 0 fully saturated rings. The lowest BCUT2D eigenvalue weighted by atomic mass is 9.78. The van der Waals surface area contributed by atoms with E-state index in [9.17, 15) is 5.11 Å². The van der Waals surface area contributed by atoms with E-state index in [-0.39, 0.29) is 11.5 Å². The molecule has 0 aromatic heterocycles. The van der Waals surface area contributed by atoms with Crippen molar-refractivity contribution in [1.82, 2.24) is 0 Å². The van der Waals surface area contributed by atoms with E-state index in [2.05, 4.69) is 26.8 Å². The number of hydrogen-bond donors (Lipinski definition) is 1. The maximum Gasteiger partial charge on any atom is 0.0771 e. The Kier molecular flexibility index (Phi) is 4.35. The molecule has 0 aromatic rings. The molecule has 2 heteroatoms. The van der Waals surface area contributed by atoms with Crippen LogP contribution < -0.4 is 0 Å². The van der Waals surface area contributed by atoms with Crippen molar-refractivity contribution in [3.63, 3.8) is 0 Å². The van der Waals surface area contributed by atoms with Crippen molar-refractivity contribution < 1.29 is 9.84 Å². The third-order valence-electron chi connectivity index (χ3n) is 3.85. The van der Waals surface area contributed by atoms with Crippen LogP contribution in [-0.2, 0) is 4.74 Å². The number of rotatable bonds is 5. The lowest BCUT2D eigenvalue weighted by Crippen LogP contribution is -2.26. The van der Waals surface area contributed by atoms with Gasteiger partial charge in [0.2, 0.25) is 0 Å². The Morgan fingerprint density at radius 3 is 2.73 bits per heavy atom. The van der Waals surface area contributed by atoms with Crippen LogP contribution in [0.5, 0.6) is 0 Å². The highest BCUT2D eigenvalue weighted by molar-refractivity contribution is 5.18. The van der Waals surface area contributed by atoms with Crippen LogP contribution in [0.25, 0.3) is 0 Å². The van der Waals surface area contributed by atoms with Gasteiger partial charge in [-0.2, -0.15) is 0 Å². The van der Waals surface area contributed by atoms with Gasteiger partial charge in [-0.15, -0.1) is 0 Å². The molecule has 0 saturated carbocycles. The SMILES string of the molecule is CCC(O)COCC1CC=C(C)C1(C)C. The van der Waals surface area contributed by atoms with Gasteiger partial charge in [0.15, 0.2) is 0 Å². The fourth-order valence-corrected chi connectivity index (χ4v) is 1.94. The molecule has 0 bridgehead atoms. The van der Waals surface area contributed by atoms with Crippen LogP contribution in [0.15, 0.2) is 11.6 Å². The zero-order chi connectivity index (χ0) is 11.5. The Balaban J connectivity index is 2.30. The fourth-order valence-electron chi connectivity index (χ4n) is 1.94. The molecule has 0 heterocycles. The number of aliphatic hydroxyl groups excluding tert-OH is 1. The molecule has 1 aliphatic rings. The average Bonchev–Trinajstić information content (AvgIpc) is 2.44. The minimum Gasteiger partial charge on any atom is -0.391 e. The van der Waals surface area contributed by atoms with Gasteiger partial charge < -0.3 is 9.84 Å². The highest BCUT2D eigenvalue weighted by Gasteiger charge is 2.34. The van der Waals surface area contributed by atoms with Gasteiger partial charge in [-0.3, -0.25) is 0 Å². The smallest absolute Gasteiger partial charge is 0.0771 e. The summed E-state index contributed by atoms with van der Waals surface area (Å²) in [5.74, 6) is 0.571. The molecule has 2 atom stereocenters. The first-order chi connectivity index (χ1) is 6.98. The van der Waals surface area contributed by atoms with Crippen molar-refractivity contribution >= 4 is 0 Å². The van der Waals surface area contributed by atoms with Gasteiger partial charge in [-0.1, -0.05) is 32.4 Å². The molecule has 0 radical (unpaired) electrons. The van der Waals surface area contributed by atoms with E-state index in [1.807, 2.05) is 6.92 Å². The molecule has 0 aromatic carbocycles. The summed E-state index contributed by atoms with van der Waals surface area (Å²) < 4.78 is 5.57. The fraction of sp³-hybridized carbons (Fsp3) is 0.846. The lowest BCUT2D eigenvalue weighted by Gasteiger charge is -2.29. The first-order valence-corrected chi connectivity index (χ1v) is 5.91. The molecule has 2 nitrogen and oxygen atoms in total. The Hall–Kier alpha value is -0.340. The quantitative estimate of drug-likeness (QED) is 0.710. The zero-order valence-corrected chi connectivity index (χ0v) is 10.4. The molecule has 1 N–H and O–H groups in total. The van der Waals surface area contributed by atoms with E-state index in [1.54, 1.807) is 0 Å². The monoisotopic (exact) mass is 212 g/mol. The summed E-state index contributed by atoms with van der Waals surface area (Å²) in [4.78, 5) is 0. The van der Waals surface area contributed by atoms with Crippen LogP contribution in [0.2, 0.25) is 0 Å². The van der Waals surface area contributed by atoms with Crippen LogP contribution in [0.3, 0.4) is 0 Å². The zero-order valence-electron chi connectivity index (χ0n) is 10.4. The second-order valence-electron chi connectivity index (χ2n) is 5.14. The van der Waals surface area contributed by atoms with Crippen molar-refractivity contribution in [3.05, 3.63) is 11.6 Å². The average molecular weight is 212 g/mol. The van der Waals surface area contributed by atoms with E-state index >= 15 is 0 Å². The summed E-state index contributed by atoms with van der Waals surface area (Å²) in [5, 5.41) is 9.38. The van der Waals surface area contributed by atoms with Crippen molar-refractivity contribution in [3.8, 4) is 0 Å². The van der Waals surface area contributed by atoms with Crippen LogP contribution in [0, 0.1) is 11.3 Å². The van der Waals surface area contributed by atoms with E-state index < -0.39 is 0 Å². The van der Waals surface area contributed by atoms with E-state index in [4.69, 9.17) is 4.74 Å². The second kappa shape index (κ2) is 5.13. The van der Waals surface area contributed by atoms with Crippen LogP contribution in [0.4, 0.5) is 0 Å². The highest BCUT2D eigenvalue weighted by atomic mass is 16.5. The number of ether oxygens (including phenoxy) is 1. The predicted octanol–water partition coefficient (Wildman–Crippen LogP) is 2.77. The third kappa shape index (κ3) is 3.05. The number of hydrogen-bond acceptors (Lipinski definition) is 2. The van der Waals surface area contributed by atoms with Crippen molar-refractivity contribution in [2.24, 2.45) is 11.3 Å². The van der Waals surface area contributed by atoms with Crippen LogP contribution >= 0.6 is 0 Å². The van der Waals surface area contributed by atoms with Gasteiger partial charge in [0.05, 0.1) is 19.3 Å². The molecule has 88 valence electrons. The third-order valence-corrected chi connectivity index (χ3v) is 3.85. The standard InChI is InChI=1S/C13H24O2/c1-5-12(14)9-15-8-11-7-6-10(2)13(11,3)4/h6,11-12,14H,5,7-9H2,1-4H3. The normalized spacial score (nSPS) is 26.5. The van der Waals surface area contributed by atoms with Gasteiger partial charge in [0.25, 0.3) is 0 Å². The molecule has 1 rings (SSSR count). The number of aliphatic hydroxyl groups is 1. The minimum atomic E-state index is -0.302. The Bertz CT molecular complexity index is 231. The van der Waals surface area contributed by atoms with Gasteiger partial charge >= 0.3 is 0 Å². The summed E-state index contributed by atoms with van der Waals surface area (Å²) in [6.07, 6.45) is 3.89. The van der Waals surface area contributed by atoms with Gasteiger partial charge in [0, 0.05) is 0 Å². The molecule has 1 aliphatic carbocycles. The summed E-state index contributed by atoms with van der Waals surface area (Å²) in [5.41, 5.74) is 1.73. The first-order valence-electron chi connectivity index (χ1n) is 5.91. The van der Waals surface area contributed by atoms with E-state index in [0.717, 1.165) is 19.4 Å². The number of allylic oxidation sites excluding steroid dienone is 2. The van der Waals surface area contributed by atoms with Gasteiger partial charge in [0.1, 0.15) is 0 Å². The lowest BCUT2D eigenvalue weighted by molar-refractivity contribution is 0.00664. The molecule has 15 heavy (non-hydrogen) atoms. The van der Waals surface area contributed by atoms with E-state index in [0.29, 0.717) is 12.5 Å². The molecular formula is C13H24O2. The molecule has 0 saturated heterocycles. The largest absolute Gasteiger partial charge is 0.391 e. The summed E-state index contributed by atoms with van der Waals surface area (Å²) in [7, 11) is 0. The summed E-state index contributed by atoms with van der Waals surface area (Å²) in [6, 6.07) is 0. The Labute approximate surface area is 93.3 Å². The molecule has 0 spiro atoms. The molecule has 2 unspecified atom stereocenters.